The van der Waals surface area contributed by atoms with Crippen LogP contribution in [0, 0.1) is 13.8 Å². The SMILES string of the molecule is CNC1(C)CCN(C(=O)c2cccc(C)c2C)CC1. The van der Waals surface area contributed by atoms with E-state index in [4.69, 9.17) is 0 Å². The molecule has 19 heavy (non-hydrogen) atoms. The van der Waals surface area contributed by atoms with E-state index in [1.807, 2.05) is 31.0 Å². The third-order valence-corrected chi connectivity index (χ3v) is 4.59. The molecule has 0 radical (unpaired) electrons. The van der Waals surface area contributed by atoms with Crippen LogP contribution in [0.15, 0.2) is 18.2 Å². The molecule has 1 amide bonds. The summed E-state index contributed by atoms with van der Waals surface area (Å²) in [6, 6.07) is 5.97. The Morgan fingerprint density at radius 1 is 1.26 bits per heavy atom. The Balaban J connectivity index is 2.12. The second-order valence-electron chi connectivity index (χ2n) is 5.85. The molecule has 0 bridgehead atoms. The number of hydrogen-bond acceptors (Lipinski definition) is 2. The second-order valence-corrected chi connectivity index (χ2v) is 5.85. The molecule has 3 heteroatoms. The van der Waals surface area contributed by atoms with Crippen LogP contribution in [-0.2, 0) is 0 Å². The van der Waals surface area contributed by atoms with Gasteiger partial charge >= 0.3 is 0 Å². The topological polar surface area (TPSA) is 32.3 Å². The van der Waals surface area contributed by atoms with Crippen molar-refractivity contribution in [3.8, 4) is 0 Å². The number of carbonyl (C=O) groups is 1. The minimum atomic E-state index is 0.179. The average Bonchev–Trinajstić information content (AvgIpc) is 2.42. The van der Waals surface area contributed by atoms with Crippen molar-refractivity contribution in [1.82, 2.24) is 10.2 Å². The monoisotopic (exact) mass is 260 g/mol. The van der Waals surface area contributed by atoms with Crippen molar-refractivity contribution < 1.29 is 4.79 Å². The summed E-state index contributed by atoms with van der Waals surface area (Å²) in [6.07, 6.45) is 2.03. The van der Waals surface area contributed by atoms with Crippen LogP contribution >= 0.6 is 0 Å². The quantitative estimate of drug-likeness (QED) is 0.886. The van der Waals surface area contributed by atoms with E-state index in [2.05, 4.69) is 25.2 Å². The first-order valence-electron chi connectivity index (χ1n) is 7.01. The van der Waals surface area contributed by atoms with Gasteiger partial charge in [0.15, 0.2) is 0 Å². The summed E-state index contributed by atoms with van der Waals surface area (Å²) >= 11 is 0. The molecular formula is C16H24N2O. The van der Waals surface area contributed by atoms with Crippen molar-refractivity contribution in [1.29, 1.82) is 0 Å². The number of nitrogens with zero attached hydrogens (tertiary/aromatic N) is 1. The molecule has 0 spiro atoms. The highest BCUT2D eigenvalue weighted by Gasteiger charge is 2.31. The number of nitrogens with one attached hydrogen (secondary N) is 1. The van der Waals surface area contributed by atoms with Gasteiger partial charge in [-0.25, -0.2) is 0 Å². The minimum absolute atomic E-state index is 0.179. The van der Waals surface area contributed by atoms with E-state index in [1.165, 1.54) is 5.56 Å². The largest absolute Gasteiger partial charge is 0.339 e. The summed E-state index contributed by atoms with van der Waals surface area (Å²) in [7, 11) is 2.00. The molecule has 1 saturated heterocycles. The Bertz CT molecular complexity index is 474. The molecule has 1 aromatic rings. The van der Waals surface area contributed by atoms with Gasteiger partial charge in [0, 0.05) is 24.2 Å². The Hall–Kier alpha value is -1.35. The molecule has 0 aromatic heterocycles. The van der Waals surface area contributed by atoms with Gasteiger partial charge in [0.25, 0.3) is 5.91 Å². The molecule has 0 aliphatic carbocycles. The van der Waals surface area contributed by atoms with E-state index >= 15 is 0 Å². The number of hydrogen-bond donors (Lipinski definition) is 1. The lowest BCUT2D eigenvalue weighted by Gasteiger charge is -2.39. The van der Waals surface area contributed by atoms with Crippen LogP contribution in [0.25, 0.3) is 0 Å². The Morgan fingerprint density at radius 2 is 1.89 bits per heavy atom. The summed E-state index contributed by atoms with van der Waals surface area (Å²) < 4.78 is 0. The van der Waals surface area contributed by atoms with Gasteiger partial charge in [-0.1, -0.05) is 12.1 Å². The number of carbonyl (C=O) groups excluding carboxylic acids is 1. The van der Waals surface area contributed by atoms with Crippen LogP contribution < -0.4 is 5.32 Å². The molecule has 3 nitrogen and oxygen atoms in total. The lowest BCUT2D eigenvalue weighted by atomic mass is 9.89. The van der Waals surface area contributed by atoms with Gasteiger partial charge in [-0.05, 0) is 57.9 Å². The lowest BCUT2D eigenvalue weighted by Crippen LogP contribution is -2.51. The predicted molar refractivity (Wildman–Crippen MR) is 78.5 cm³/mol. The Labute approximate surface area is 116 Å². The molecule has 0 unspecified atom stereocenters. The highest BCUT2D eigenvalue weighted by atomic mass is 16.2. The van der Waals surface area contributed by atoms with Crippen LogP contribution in [-0.4, -0.2) is 36.5 Å². The molecule has 1 aromatic carbocycles. The van der Waals surface area contributed by atoms with Crippen LogP contribution in [0.1, 0.15) is 41.3 Å². The number of benzene rings is 1. The molecule has 1 aliphatic rings. The number of aryl methyl sites for hydroxylation is 1. The highest BCUT2D eigenvalue weighted by Crippen LogP contribution is 2.23. The third kappa shape index (κ3) is 2.81. The van der Waals surface area contributed by atoms with Gasteiger partial charge in [-0.2, -0.15) is 0 Å². The minimum Gasteiger partial charge on any atom is -0.339 e. The third-order valence-electron chi connectivity index (χ3n) is 4.59. The number of piperidine rings is 1. The van der Waals surface area contributed by atoms with Gasteiger partial charge in [0.05, 0.1) is 0 Å². The van der Waals surface area contributed by atoms with Crippen molar-refractivity contribution in [3.05, 3.63) is 34.9 Å². The van der Waals surface area contributed by atoms with E-state index in [9.17, 15) is 4.79 Å². The fourth-order valence-corrected chi connectivity index (χ4v) is 2.61. The summed E-state index contributed by atoms with van der Waals surface area (Å²) in [4.78, 5) is 14.6. The van der Waals surface area contributed by atoms with Crippen LogP contribution in [0.3, 0.4) is 0 Å². The standard InChI is InChI=1S/C16H24N2O/c1-12-6-5-7-14(13(12)2)15(19)18-10-8-16(3,17-4)9-11-18/h5-7,17H,8-11H2,1-4H3. The molecule has 1 fully saturated rings. The van der Waals surface area contributed by atoms with E-state index in [0.29, 0.717) is 0 Å². The molecule has 0 atom stereocenters. The maximum Gasteiger partial charge on any atom is 0.254 e. The van der Waals surface area contributed by atoms with Crippen LogP contribution in [0.5, 0.6) is 0 Å². The fraction of sp³-hybridized carbons (Fsp3) is 0.562. The smallest absolute Gasteiger partial charge is 0.254 e. The first-order chi connectivity index (χ1) is 8.97. The molecule has 1 heterocycles. The summed E-state index contributed by atoms with van der Waals surface area (Å²) in [5, 5.41) is 3.36. The van der Waals surface area contributed by atoms with E-state index < -0.39 is 0 Å². The molecule has 104 valence electrons. The van der Waals surface area contributed by atoms with Gasteiger partial charge in [0.2, 0.25) is 0 Å². The first-order valence-corrected chi connectivity index (χ1v) is 7.01. The van der Waals surface area contributed by atoms with E-state index in [0.717, 1.165) is 37.1 Å². The van der Waals surface area contributed by atoms with Crippen molar-refractivity contribution in [2.24, 2.45) is 0 Å². The van der Waals surface area contributed by atoms with Crippen molar-refractivity contribution >= 4 is 5.91 Å². The molecule has 2 rings (SSSR count). The number of rotatable bonds is 2. The van der Waals surface area contributed by atoms with Crippen molar-refractivity contribution in [3.63, 3.8) is 0 Å². The van der Waals surface area contributed by atoms with Crippen molar-refractivity contribution in [2.45, 2.75) is 39.2 Å². The van der Waals surface area contributed by atoms with E-state index in [-0.39, 0.29) is 11.4 Å². The summed E-state index contributed by atoms with van der Waals surface area (Å²) in [6.45, 7) is 7.99. The molecular weight excluding hydrogens is 236 g/mol. The Morgan fingerprint density at radius 3 is 2.47 bits per heavy atom. The van der Waals surface area contributed by atoms with Crippen molar-refractivity contribution in [2.75, 3.05) is 20.1 Å². The van der Waals surface area contributed by atoms with E-state index in [1.54, 1.807) is 0 Å². The second kappa shape index (κ2) is 5.33. The molecule has 1 aliphatic heterocycles. The summed E-state index contributed by atoms with van der Waals surface area (Å²) in [5.74, 6) is 0.180. The zero-order chi connectivity index (χ0) is 14.0. The zero-order valence-electron chi connectivity index (χ0n) is 12.4. The zero-order valence-corrected chi connectivity index (χ0v) is 12.4. The first kappa shape index (κ1) is 14.1. The number of amides is 1. The highest BCUT2D eigenvalue weighted by molar-refractivity contribution is 5.96. The van der Waals surface area contributed by atoms with Crippen LogP contribution in [0.2, 0.25) is 0 Å². The van der Waals surface area contributed by atoms with Gasteiger partial charge < -0.3 is 10.2 Å². The van der Waals surface area contributed by atoms with Gasteiger partial charge in [-0.3, -0.25) is 4.79 Å². The maximum atomic E-state index is 12.6. The number of likely N-dealkylation sites (tertiary alicyclic amines) is 1. The maximum absolute atomic E-state index is 12.6. The lowest BCUT2D eigenvalue weighted by molar-refractivity contribution is 0.0661. The molecule has 1 N–H and O–H groups in total. The van der Waals surface area contributed by atoms with Gasteiger partial charge in [-0.15, -0.1) is 0 Å². The van der Waals surface area contributed by atoms with Gasteiger partial charge in [0.1, 0.15) is 0 Å². The average molecular weight is 260 g/mol. The normalized spacial score (nSPS) is 18.4. The summed E-state index contributed by atoms with van der Waals surface area (Å²) in [5.41, 5.74) is 3.32. The fourth-order valence-electron chi connectivity index (χ4n) is 2.61. The molecule has 0 saturated carbocycles. The predicted octanol–water partition coefficient (Wildman–Crippen LogP) is 2.52. The van der Waals surface area contributed by atoms with Crippen LogP contribution in [0.4, 0.5) is 0 Å². The Kier molecular flexibility index (Phi) is 3.95.